The number of thioether (sulfide) groups is 1. The molecular formula is C28H21FIN3O5S. The molecule has 1 fully saturated rings. The Morgan fingerprint density at radius 1 is 1.15 bits per heavy atom. The first-order chi connectivity index (χ1) is 18.8. The predicted octanol–water partition coefficient (Wildman–Crippen LogP) is 5.95. The number of rotatable bonds is 9. The third-order valence-electron chi connectivity index (χ3n) is 5.42. The number of nitrogens with one attached hydrogen (secondary N) is 1. The summed E-state index contributed by atoms with van der Waals surface area (Å²) >= 11 is 2.81. The monoisotopic (exact) mass is 657 g/mol. The number of carbonyl (C=O) groups excluding carboxylic acids is 3. The molecule has 0 radical (unpaired) electrons. The van der Waals surface area contributed by atoms with Gasteiger partial charge in [-0.3, -0.25) is 19.3 Å². The van der Waals surface area contributed by atoms with Crippen LogP contribution in [-0.2, 0) is 16.2 Å². The lowest BCUT2D eigenvalue weighted by Gasteiger charge is -2.15. The zero-order chi connectivity index (χ0) is 27.9. The number of ether oxygens (including phenoxy) is 2. The maximum atomic E-state index is 13.4. The van der Waals surface area contributed by atoms with E-state index in [4.69, 9.17) is 9.47 Å². The fraction of sp³-hybridized carbons (Fsp3) is 0.143. The summed E-state index contributed by atoms with van der Waals surface area (Å²) in [5.41, 5.74) is 2.07. The molecule has 0 unspecified atom stereocenters. The Hall–Kier alpha value is -3.89. The van der Waals surface area contributed by atoms with Gasteiger partial charge >= 0.3 is 0 Å². The Kier molecular flexibility index (Phi) is 9.21. The van der Waals surface area contributed by atoms with Gasteiger partial charge in [0.25, 0.3) is 11.1 Å². The van der Waals surface area contributed by atoms with Crippen molar-refractivity contribution >= 4 is 63.2 Å². The van der Waals surface area contributed by atoms with Crippen molar-refractivity contribution in [2.24, 2.45) is 0 Å². The van der Waals surface area contributed by atoms with Crippen LogP contribution in [0.25, 0.3) is 6.08 Å². The molecule has 0 spiro atoms. The van der Waals surface area contributed by atoms with Gasteiger partial charge in [-0.05, 0) is 89.3 Å². The van der Waals surface area contributed by atoms with Crippen LogP contribution in [0.5, 0.6) is 11.5 Å². The van der Waals surface area contributed by atoms with E-state index in [1.165, 1.54) is 18.2 Å². The van der Waals surface area contributed by atoms with Crippen molar-refractivity contribution in [3.63, 3.8) is 0 Å². The summed E-state index contributed by atoms with van der Waals surface area (Å²) in [6, 6.07) is 18.1. The summed E-state index contributed by atoms with van der Waals surface area (Å²) in [5.74, 6) is -0.827. The Labute approximate surface area is 241 Å². The first-order valence-corrected chi connectivity index (χ1v) is 13.6. The molecular weight excluding hydrogens is 636 g/mol. The van der Waals surface area contributed by atoms with Crippen LogP contribution < -0.4 is 14.8 Å². The predicted molar refractivity (Wildman–Crippen MR) is 154 cm³/mol. The van der Waals surface area contributed by atoms with Crippen LogP contribution in [0.3, 0.4) is 0 Å². The summed E-state index contributed by atoms with van der Waals surface area (Å²) in [6.07, 6.45) is 1.55. The average Bonchev–Trinajstić information content (AvgIpc) is 3.15. The van der Waals surface area contributed by atoms with E-state index in [-0.39, 0.29) is 17.2 Å². The van der Waals surface area contributed by atoms with Gasteiger partial charge in [-0.15, -0.1) is 0 Å². The SMILES string of the molecule is CCOc1cc(/C=C2/SC(=O)N(CC(=O)Nc3cccc(F)c3)C2=O)cc(I)c1OCc1ccccc1C#N. The topological polar surface area (TPSA) is 109 Å². The zero-order valence-corrected chi connectivity index (χ0v) is 23.5. The summed E-state index contributed by atoms with van der Waals surface area (Å²) in [5, 5.41) is 11.2. The van der Waals surface area contributed by atoms with E-state index in [1.807, 2.05) is 19.1 Å². The molecule has 0 aromatic heterocycles. The van der Waals surface area contributed by atoms with Gasteiger partial charge in [0, 0.05) is 11.3 Å². The quantitative estimate of drug-likeness (QED) is 0.224. The van der Waals surface area contributed by atoms with Crippen LogP contribution in [0.15, 0.2) is 65.6 Å². The third-order valence-corrected chi connectivity index (χ3v) is 7.13. The van der Waals surface area contributed by atoms with Crippen LogP contribution in [0.1, 0.15) is 23.6 Å². The van der Waals surface area contributed by atoms with Crippen LogP contribution in [0.4, 0.5) is 14.9 Å². The van der Waals surface area contributed by atoms with E-state index >= 15 is 0 Å². The minimum absolute atomic E-state index is 0.147. The van der Waals surface area contributed by atoms with Gasteiger partial charge in [-0.2, -0.15) is 5.26 Å². The van der Waals surface area contributed by atoms with Crippen molar-refractivity contribution in [2.75, 3.05) is 18.5 Å². The smallest absolute Gasteiger partial charge is 0.294 e. The molecule has 3 amide bonds. The fourth-order valence-electron chi connectivity index (χ4n) is 3.68. The van der Waals surface area contributed by atoms with Crippen LogP contribution in [-0.4, -0.2) is 35.1 Å². The molecule has 39 heavy (non-hydrogen) atoms. The number of nitriles is 1. The summed E-state index contributed by atoms with van der Waals surface area (Å²) in [7, 11) is 0. The fourth-order valence-corrected chi connectivity index (χ4v) is 5.30. The molecule has 1 N–H and O–H groups in total. The Morgan fingerprint density at radius 3 is 2.69 bits per heavy atom. The summed E-state index contributed by atoms with van der Waals surface area (Å²) < 4.78 is 25.9. The van der Waals surface area contributed by atoms with E-state index in [1.54, 1.807) is 30.3 Å². The number of anilines is 1. The lowest BCUT2D eigenvalue weighted by Crippen LogP contribution is -2.36. The van der Waals surface area contributed by atoms with E-state index in [0.717, 1.165) is 28.3 Å². The van der Waals surface area contributed by atoms with Crippen molar-refractivity contribution in [2.45, 2.75) is 13.5 Å². The molecule has 0 atom stereocenters. The molecule has 11 heteroatoms. The van der Waals surface area contributed by atoms with E-state index in [0.29, 0.717) is 32.8 Å². The number of hydrogen-bond donors (Lipinski definition) is 1. The van der Waals surface area contributed by atoms with Gasteiger partial charge in [0.15, 0.2) is 11.5 Å². The molecule has 1 saturated heterocycles. The first kappa shape index (κ1) is 28.1. The maximum absolute atomic E-state index is 13.4. The summed E-state index contributed by atoms with van der Waals surface area (Å²) in [6.45, 7) is 1.85. The number of imide groups is 1. The average molecular weight is 657 g/mol. The third kappa shape index (κ3) is 6.96. The molecule has 1 heterocycles. The van der Waals surface area contributed by atoms with Gasteiger partial charge in [-0.25, -0.2) is 4.39 Å². The van der Waals surface area contributed by atoms with Crippen LogP contribution >= 0.6 is 34.4 Å². The van der Waals surface area contributed by atoms with Crippen molar-refractivity contribution in [1.29, 1.82) is 5.26 Å². The van der Waals surface area contributed by atoms with Gasteiger partial charge < -0.3 is 14.8 Å². The van der Waals surface area contributed by atoms with E-state index in [2.05, 4.69) is 34.0 Å². The number of nitrogens with zero attached hydrogens (tertiary/aromatic N) is 2. The van der Waals surface area contributed by atoms with Crippen LogP contribution in [0, 0.1) is 20.7 Å². The maximum Gasteiger partial charge on any atom is 0.294 e. The van der Waals surface area contributed by atoms with E-state index < -0.39 is 29.4 Å². The molecule has 1 aliphatic heterocycles. The molecule has 1 aliphatic rings. The minimum atomic E-state index is -0.628. The van der Waals surface area contributed by atoms with Crippen molar-refractivity contribution < 1.29 is 28.2 Å². The van der Waals surface area contributed by atoms with Gasteiger partial charge in [0.2, 0.25) is 5.91 Å². The Morgan fingerprint density at radius 2 is 1.95 bits per heavy atom. The summed E-state index contributed by atoms with van der Waals surface area (Å²) in [4.78, 5) is 38.8. The highest BCUT2D eigenvalue weighted by Gasteiger charge is 2.36. The number of benzene rings is 3. The number of halogens is 2. The molecule has 4 rings (SSSR count). The molecule has 0 saturated carbocycles. The Bertz CT molecular complexity index is 1520. The Balaban J connectivity index is 1.50. The van der Waals surface area contributed by atoms with Gasteiger partial charge in [0.05, 0.1) is 26.7 Å². The molecule has 8 nitrogen and oxygen atoms in total. The largest absolute Gasteiger partial charge is 0.490 e. The van der Waals surface area contributed by atoms with Gasteiger partial charge in [0.1, 0.15) is 19.0 Å². The number of hydrogen-bond acceptors (Lipinski definition) is 7. The second-order valence-electron chi connectivity index (χ2n) is 8.15. The normalized spacial score (nSPS) is 13.9. The highest BCUT2D eigenvalue weighted by molar-refractivity contribution is 14.1. The highest BCUT2D eigenvalue weighted by Crippen LogP contribution is 2.38. The minimum Gasteiger partial charge on any atom is -0.490 e. The molecule has 198 valence electrons. The lowest BCUT2D eigenvalue weighted by molar-refractivity contribution is -0.127. The second-order valence-corrected chi connectivity index (χ2v) is 10.3. The molecule has 3 aromatic rings. The zero-order valence-electron chi connectivity index (χ0n) is 20.6. The van der Waals surface area contributed by atoms with E-state index in [9.17, 15) is 24.0 Å². The first-order valence-electron chi connectivity index (χ1n) is 11.7. The van der Waals surface area contributed by atoms with Crippen molar-refractivity contribution in [3.05, 3.63) is 91.6 Å². The number of carbonyl (C=O) groups is 3. The second kappa shape index (κ2) is 12.8. The number of amides is 3. The molecule has 0 bridgehead atoms. The molecule has 0 aliphatic carbocycles. The highest BCUT2D eigenvalue weighted by atomic mass is 127. The molecule has 3 aromatic carbocycles. The lowest BCUT2D eigenvalue weighted by atomic mass is 10.1. The van der Waals surface area contributed by atoms with Crippen molar-refractivity contribution in [1.82, 2.24) is 4.90 Å². The standard InChI is InChI=1S/C28H21FIN3O5S/c1-2-37-23-11-17(10-22(30)26(23)38-16-19-7-4-3-6-18(19)14-31)12-24-27(35)33(28(36)39-24)15-25(34)32-21-9-5-8-20(29)13-21/h3-13H,2,15-16H2,1H3,(H,32,34)/b24-12+. The van der Waals surface area contributed by atoms with Crippen molar-refractivity contribution in [3.8, 4) is 17.6 Å². The van der Waals surface area contributed by atoms with Gasteiger partial charge in [-0.1, -0.05) is 24.3 Å². The van der Waals surface area contributed by atoms with Crippen LogP contribution in [0.2, 0.25) is 0 Å².